The second-order valence-corrected chi connectivity index (χ2v) is 6.96. The Labute approximate surface area is 124 Å². The second kappa shape index (κ2) is 5.54. The highest BCUT2D eigenvalue weighted by atomic mass is 32.2. The zero-order chi connectivity index (χ0) is 16.7. The SMILES string of the molecule is Cn1cc(C(=O)N2CCC(CS(N)(=O)=O)C2)c(C(F)(F)F)n1. The van der Waals surface area contributed by atoms with E-state index in [2.05, 4.69) is 5.10 Å². The second-order valence-electron chi connectivity index (χ2n) is 5.30. The van der Waals surface area contributed by atoms with Gasteiger partial charge >= 0.3 is 6.18 Å². The van der Waals surface area contributed by atoms with Crippen LogP contribution in [0.25, 0.3) is 0 Å². The molecule has 1 atom stereocenters. The Kier molecular flexibility index (Phi) is 4.22. The van der Waals surface area contributed by atoms with Crippen LogP contribution in [0.15, 0.2) is 6.20 Å². The molecule has 11 heteroatoms. The van der Waals surface area contributed by atoms with Gasteiger partial charge < -0.3 is 4.90 Å². The van der Waals surface area contributed by atoms with Crippen LogP contribution in [0, 0.1) is 5.92 Å². The molecular weight excluding hydrogens is 325 g/mol. The van der Waals surface area contributed by atoms with E-state index < -0.39 is 33.4 Å². The Hall–Kier alpha value is -1.62. The van der Waals surface area contributed by atoms with Gasteiger partial charge in [0, 0.05) is 26.3 Å². The van der Waals surface area contributed by atoms with Gasteiger partial charge in [-0.15, -0.1) is 0 Å². The zero-order valence-corrected chi connectivity index (χ0v) is 12.5. The van der Waals surface area contributed by atoms with Crippen LogP contribution in [-0.4, -0.2) is 47.8 Å². The fourth-order valence-electron chi connectivity index (χ4n) is 2.51. The molecule has 1 unspecified atom stereocenters. The number of aromatic nitrogens is 2. The number of halogens is 3. The Balaban J connectivity index is 2.17. The summed E-state index contributed by atoms with van der Waals surface area (Å²) in [6, 6.07) is 0. The van der Waals surface area contributed by atoms with Crippen molar-refractivity contribution in [2.75, 3.05) is 18.8 Å². The maximum Gasteiger partial charge on any atom is 0.435 e. The highest BCUT2D eigenvalue weighted by Crippen LogP contribution is 2.32. The van der Waals surface area contributed by atoms with E-state index >= 15 is 0 Å². The number of sulfonamides is 1. The molecule has 0 aromatic carbocycles. The first-order valence-electron chi connectivity index (χ1n) is 6.38. The van der Waals surface area contributed by atoms with Crippen LogP contribution in [0.3, 0.4) is 0 Å². The molecule has 1 aliphatic rings. The van der Waals surface area contributed by atoms with Crippen molar-refractivity contribution in [1.29, 1.82) is 0 Å². The van der Waals surface area contributed by atoms with Crippen molar-refractivity contribution in [3.05, 3.63) is 17.5 Å². The van der Waals surface area contributed by atoms with Gasteiger partial charge in [0.1, 0.15) is 0 Å². The fraction of sp³-hybridized carbons (Fsp3) is 0.636. The molecule has 7 nitrogen and oxygen atoms in total. The highest BCUT2D eigenvalue weighted by molar-refractivity contribution is 7.89. The first kappa shape index (κ1) is 16.7. The molecule has 2 rings (SSSR count). The number of hydrogen-bond donors (Lipinski definition) is 1. The minimum absolute atomic E-state index is 0.0570. The molecule has 0 radical (unpaired) electrons. The third kappa shape index (κ3) is 3.77. The van der Waals surface area contributed by atoms with Crippen LogP contribution >= 0.6 is 0 Å². The summed E-state index contributed by atoms with van der Waals surface area (Å²) in [6.07, 6.45) is -3.34. The predicted molar refractivity (Wildman–Crippen MR) is 70.2 cm³/mol. The van der Waals surface area contributed by atoms with Gasteiger partial charge in [0.05, 0.1) is 11.3 Å². The molecule has 0 spiro atoms. The van der Waals surface area contributed by atoms with Crippen molar-refractivity contribution < 1.29 is 26.4 Å². The fourth-order valence-corrected chi connectivity index (χ4v) is 3.44. The molecule has 1 aromatic heterocycles. The number of likely N-dealkylation sites (tertiary alicyclic amines) is 1. The minimum Gasteiger partial charge on any atom is -0.338 e. The molecule has 2 heterocycles. The largest absolute Gasteiger partial charge is 0.435 e. The number of aryl methyl sites for hydroxylation is 1. The average molecular weight is 340 g/mol. The lowest BCUT2D eigenvalue weighted by molar-refractivity contribution is -0.141. The lowest BCUT2D eigenvalue weighted by Gasteiger charge is -2.16. The molecule has 1 aromatic rings. The standard InChI is InChI=1S/C11H15F3N4O3S/c1-17-5-8(9(16-17)11(12,13)14)10(19)18-3-2-7(4-18)6-22(15,20)21/h5,7H,2-4,6H2,1H3,(H2,15,20,21). The lowest BCUT2D eigenvalue weighted by Crippen LogP contribution is -2.31. The quantitative estimate of drug-likeness (QED) is 0.849. The van der Waals surface area contributed by atoms with Gasteiger partial charge in [-0.1, -0.05) is 0 Å². The van der Waals surface area contributed by atoms with Crippen LogP contribution in [0.1, 0.15) is 22.5 Å². The van der Waals surface area contributed by atoms with Crippen LogP contribution in [-0.2, 0) is 23.2 Å². The summed E-state index contributed by atoms with van der Waals surface area (Å²) in [5.41, 5.74) is -1.78. The van der Waals surface area contributed by atoms with Crippen LogP contribution in [0.4, 0.5) is 13.2 Å². The molecule has 1 saturated heterocycles. The van der Waals surface area contributed by atoms with Crippen LogP contribution in [0.2, 0.25) is 0 Å². The smallest absolute Gasteiger partial charge is 0.338 e. The number of amides is 1. The van der Waals surface area contributed by atoms with Crippen molar-refractivity contribution in [3.8, 4) is 0 Å². The third-order valence-electron chi connectivity index (χ3n) is 3.37. The molecular formula is C11H15F3N4O3S. The summed E-state index contributed by atoms with van der Waals surface area (Å²) in [5, 5.41) is 8.22. The third-order valence-corrected chi connectivity index (χ3v) is 4.30. The first-order chi connectivity index (χ1) is 9.97. The highest BCUT2D eigenvalue weighted by Gasteiger charge is 2.41. The van der Waals surface area contributed by atoms with Gasteiger partial charge in [-0.3, -0.25) is 9.48 Å². The molecule has 0 bridgehead atoms. The Morgan fingerprint density at radius 1 is 1.50 bits per heavy atom. The summed E-state index contributed by atoms with van der Waals surface area (Å²) in [5.74, 6) is -1.47. The van der Waals surface area contributed by atoms with Crippen LogP contribution in [0.5, 0.6) is 0 Å². The summed E-state index contributed by atoms with van der Waals surface area (Å²) < 4.78 is 61.6. The number of rotatable bonds is 3. The van der Waals surface area contributed by atoms with Gasteiger partial charge in [-0.25, -0.2) is 13.6 Å². The Morgan fingerprint density at radius 3 is 2.68 bits per heavy atom. The lowest BCUT2D eigenvalue weighted by atomic mass is 10.1. The maximum absolute atomic E-state index is 12.9. The molecule has 1 amide bonds. The van der Waals surface area contributed by atoms with Crippen molar-refractivity contribution in [2.45, 2.75) is 12.6 Å². The first-order valence-corrected chi connectivity index (χ1v) is 8.09. The van der Waals surface area contributed by atoms with E-state index in [1.165, 1.54) is 11.9 Å². The van der Waals surface area contributed by atoms with E-state index in [1.807, 2.05) is 0 Å². The Morgan fingerprint density at radius 2 is 2.14 bits per heavy atom. The molecule has 0 saturated carbocycles. The topological polar surface area (TPSA) is 98.3 Å². The van der Waals surface area contributed by atoms with E-state index in [1.54, 1.807) is 0 Å². The van der Waals surface area contributed by atoms with Gasteiger partial charge in [0.25, 0.3) is 5.91 Å². The predicted octanol–water partition coefficient (Wildman–Crippen LogP) is 0.190. The van der Waals surface area contributed by atoms with Gasteiger partial charge in [-0.2, -0.15) is 18.3 Å². The van der Waals surface area contributed by atoms with E-state index in [-0.39, 0.29) is 24.8 Å². The average Bonchev–Trinajstić information content (AvgIpc) is 2.92. The summed E-state index contributed by atoms with van der Waals surface area (Å²) in [4.78, 5) is 13.4. The molecule has 1 aliphatic heterocycles. The Bertz CT molecular complexity index is 683. The summed E-state index contributed by atoms with van der Waals surface area (Å²) in [7, 11) is -2.39. The number of primary sulfonamides is 1. The van der Waals surface area contributed by atoms with Crippen molar-refractivity contribution in [1.82, 2.24) is 14.7 Å². The van der Waals surface area contributed by atoms with Crippen LogP contribution < -0.4 is 5.14 Å². The number of carbonyl (C=O) groups excluding carboxylic acids is 1. The summed E-state index contributed by atoms with van der Waals surface area (Å²) in [6.45, 7) is 0.243. The van der Waals surface area contributed by atoms with E-state index in [9.17, 15) is 26.4 Å². The van der Waals surface area contributed by atoms with Gasteiger partial charge in [0.2, 0.25) is 10.0 Å². The number of carbonyl (C=O) groups is 1. The van der Waals surface area contributed by atoms with Crippen molar-refractivity contribution >= 4 is 15.9 Å². The molecule has 22 heavy (non-hydrogen) atoms. The van der Waals surface area contributed by atoms with Crippen molar-refractivity contribution in [3.63, 3.8) is 0 Å². The number of nitrogens with zero attached hydrogens (tertiary/aromatic N) is 3. The molecule has 0 aliphatic carbocycles. The number of alkyl halides is 3. The number of nitrogens with two attached hydrogens (primary N) is 1. The monoisotopic (exact) mass is 340 g/mol. The number of hydrogen-bond acceptors (Lipinski definition) is 4. The zero-order valence-electron chi connectivity index (χ0n) is 11.7. The molecule has 2 N–H and O–H groups in total. The molecule has 124 valence electrons. The maximum atomic E-state index is 12.9. The molecule has 1 fully saturated rings. The van der Waals surface area contributed by atoms with E-state index in [4.69, 9.17) is 5.14 Å². The normalized spacial score (nSPS) is 19.7. The van der Waals surface area contributed by atoms with E-state index in [0.29, 0.717) is 6.42 Å². The van der Waals surface area contributed by atoms with E-state index in [0.717, 1.165) is 10.9 Å². The van der Waals surface area contributed by atoms with Crippen molar-refractivity contribution in [2.24, 2.45) is 18.1 Å². The summed E-state index contributed by atoms with van der Waals surface area (Å²) >= 11 is 0. The van der Waals surface area contributed by atoms with Gasteiger partial charge in [0.15, 0.2) is 5.69 Å². The minimum atomic E-state index is -4.73. The van der Waals surface area contributed by atoms with Gasteiger partial charge in [-0.05, 0) is 12.3 Å².